The number of para-hydroxylation sites is 1. The Labute approximate surface area is 191 Å². The zero-order chi connectivity index (χ0) is 23.3. The van der Waals surface area contributed by atoms with Gasteiger partial charge in [0.25, 0.3) is 11.8 Å². The summed E-state index contributed by atoms with van der Waals surface area (Å²) in [6.45, 7) is 4.66. The topological polar surface area (TPSA) is 94.7 Å². The molecule has 0 radical (unpaired) electrons. The van der Waals surface area contributed by atoms with Crippen LogP contribution in [-0.2, 0) is 16.8 Å². The predicted molar refractivity (Wildman–Crippen MR) is 125 cm³/mol. The normalized spacial score (nSPS) is 19.6. The summed E-state index contributed by atoms with van der Waals surface area (Å²) in [7, 11) is 1.62. The van der Waals surface area contributed by atoms with Gasteiger partial charge in [0.1, 0.15) is 5.75 Å². The van der Waals surface area contributed by atoms with Gasteiger partial charge in [0.05, 0.1) is 24.1 Å². The molecule has 2 aromatic carbocycles. The van der Waals surface area contributed by atoms with Gasteiger partial charge in [0, 0.05) is 24.0 Å². The highest BCUT2D eigenvalue weighted by molar-refractivity contribution is 6.25. The van der Waals surface area contributed by atoms with E-state index in [0.717, 1.165) is 33.5 Å². The van der Waals surface area contributed by atoms with E-state index in [1.807, 2.05) is 25.1 Å². The molecule has 0 bridgehead atoms. The quantitative estimate of drug-likeness (QED) is 0.586. The first kappa shape index (κ1) is 21.1. The molecule has 2 aliphatic heterocycles. The van der Waals surface area contributed by atoms with Crippen molar-refractivity contribution < 1.29 is 19.1 Å². The van der Waals surface area contributed by atoms with Gasteiger partial charge in [-0.2, -0.15) is 0 Å². The lowest BCUT2D eigenvalue weighted by molar-refractivity contribution is -0.125. The molecule has 1 unspecified atom stereocenters. The zero-order valence-corrected chi connectivity index (χ0v) is 18.9. The number of benzene rings is 2. The third-order valence-electron chi connectivity index (χ3n) is 6.69. The van der Waals surface area contributed by atoms with E-state index < -0.39 is 11.6 Å². The molecule has 8 heteroatoms. The van der Waals surface area contributed by atoms with Crippen LogP contribution in [0.2, 0.25) is 0 Å². The maximum atomic E-state index is 13.9. The molecule has 3 aromatic rings. The number of aromatic amines is 1. The Morgan fingerprint density at radius 2 is 2.00 bits per heavy atom. The molecule has 170 valence electrons. The second-order valence-electron chi connectivity index (χ2n) is 8.56. The number of rotatable bonds is 5. The van der Waals surface area contributed by atoms with Gasteiger partial charge in [-0.25, -0.2) is 9.69 Å². The van der Waals surface area contributed by atoms with E-state index in [1.54, 1.807) is 43.2 Å². The van der Waals surface area contributed by atoms with Crippen LogP contribution in [0.4, 0.5) is 10.5 Å². The molecule has 8 nitrogen and oxygen atoms in total. The van der Waals surface area contributed by atoms with Gasteiger partial charge in [-0.3, -0.25) is 9.59 Å². The number of carbonyl (C=O) groups excluding carboxylic acids is 3. The first-order valence-electron chi connectivity index (χ1n) is 11.1. The number of aromatic nitrogens is 1. The number of H-pyrrole nitrogens is 1. The molecule has 33 heavy (non-hydrogen) atoms. The van der Waals surface area contributed by atoms with Crippen molar-refractivity contribution in [2.45, 2.75) is 32.2 Å². The fraction of sp³-hybridized carbons (Fsp3) is 0.320. The van der Waals surface area contributed by atoms with Crippen LogP contribution in [0, 0.1) is 0 Å². The lowest BCUT2D eigenvalue weighted by Crippen LogP contribution is -2.49. The smallest absolute Gasteiger partial charge is 0.332 e. The Hall–Kier alpha value is -3.81. The molecular weight excluding hydrogens is 420 g/mol. The molecule has 1 aromatic heterocycles. The van der Waals surface area contributed by atoms with E-state index in [0.29, 0.717) is 36.5 Å². The average Bonchev–Trinajstić information content (AvgIpc) is 3.30. The fourth-order valence-corrected chi connectivity index (χ4v) is 4.95. The van der Waals surface area contributed by atoms with Gasteiger partial charge >= 0.3 is 6.03 Å². The van der Waals surface area contributed by atoms with Crippen LogP contribution in [0.5, 0.6) is 5.75 Å². The van der Waals surface area contributed by atoms with Crippen molar-refractivity contribution in [3.63, 3.8) is 0 Å². The summed E-state index contributed by atoms with van der Waals surface area (Å²) < 4.78 is 5.38. The highest BCUT2D eigenvalue weighted by Crippen LogP contribution is 2.46. The van der Waals surface area contributed by atoms with E-state index in [1.165, 1.54) is 0 Å². The molecule has 4 amide bonds. The van der Waals surface area contributed by atoms with E-state index >= 15 is 0 Å². The summed E-state index contributed by atoms with van der Waals surface area (Å²) in [5.41, 5.74) is 2.03. The van der Waals surface area contributed by atoms with E-state index in [-0.39, 0.29) is 11.8 Å². The van der Waals surface area contributed by atoms with E-state index in [4.69, 9.17) is 4.74 Å². The van der Waals surface area contributed by atoms with Crippen molar-refractivity contribution in [2.75, 3.05) is 25.1 Å². The minimum absolute atomic E-state index is 0.302. The van der Waals surface area contributed by atoms with Crippen molar-refractivity contribution in [1.82, 2.24) is 15.2 Å². The van der Waals surface area contributed by atoms with Crippen LogP contribution in [0.3, 0.4) is 0 Å². The molecule has 1 saturated heterocycles. The summed E-state index contributed by atoms with van der Waals surface area (Å²) in [5, 5.41) is 3.83. The Morgan fingerprint density at radius 1 is 1.21 bits per heavy atom. The number of imide groups is 1. The maximum absolute atomic E-state index is 13.9. The SMILES string of the molecule is CCCNC(=O)c1ccccc1N1C(=O)N2CCc3c([nH]c4ccc(OC)cc34)C2(C)C1=O. The molecular formula is C25H26N4O4. The van der Waals surface area contributed by atoms with E-state index in [9.17, 15) is 14.4 Å². The number of methoxy groups -OCH3 is 1. The van der Waals surface area contributed by atoms with Gasteiger partial charge in [-0.1, -0.05) is 19.1 Å². The third-order valence-corrected chi connectivity index (χ3v) is 6.69. The summed E-state index contributed by atoms with van der Waals surface area (Å²) in [6, 6.07) is 12.1. The number of ether oxygens (including phenoxy) is 1. The number of fused-ring (bicyclic) bond motifs is 5. The number of nitrogens with one attached hydrogen (secondary N) is 2. The van der Waals surface area contributed by atoms with Crippen LogP contribution >= 0.6 is 0 Å². The predicted octanol–water partition coefficient (Wildman–Crippen LogP) is 3.56. The molecule has 0 spiro atoms. The van der Waals surface area contributed by atoms with Gasteiger partial charge in [-0.05, 0) is 55.7 Å². The van der Waals surface area contributed by atoms with Crippen molar-refractivity contribution in [3.8, 4) is 5.75 Å². The van der Waals surface area contributed by atoms with Crippen molar-refractivity contribution in [2.24, 2.45) is 0 Å². The Morgan fingerprint density at radius 3 is 2.76 bits per heavy atom. The second kappa shape index (κ2) is 7.65. The average molecular weight is 447 g/mol. The zero-order valence-electron chi connectivity index (χ0n) is 18.9. The fourth-order valence-electron chi connectivity index (χ4n) is 4.95. The number of hydrogen-bond acceptors (Lipinski definition) is 4. The first-order chi connectivity index (χ1) is 15.9. The molecule has 0 aliphatic carbocycles. The summed E-state index contributed by atoms with van der Waals surface area (Å²) >= 11 is 0. The molecule has 2 aliphatic rings. The summed E-state index contributed by atoms with van der Waals surface area (Å²) in [4.78, 5) is 46.4. The number of hydrogen-bond donors (Lipinski definition) is 2. The minimum atomic E-state index is -1.19. The standard InChI is InChI=1S/C25H26N4O4/c1-4-12-26-22(30)17-7-5-6-8-20(17)29-23(31)25(2)21-16(11-13-28(25)24(29)32)18-14-15(33-3)9-10-19(18)27-21/h5-10,14,27H,4,11-13H2,1-3H3,(H,26,30). The summed E-state index contributed by atoms with van der Waals surface area (Å²) in [5.74, 6) is 0.0588. The largest absolute Gasteiger partial charge is 0.497 e. The van der Waals surface area contributed by atoms with Gasteiger partial charge in [-0.15, -0.1) is 0 Å². The van der Waals surface area contributed by atoms with Gasteiger partial charge in [0.2, 0.25) is 0 Å². The van der Waals surface area contributed by atoms with Crippen LogP contribution in [0.25, 0.3) is 10.9 Å². The molecule has 1 fully saturated rings. The molecule has 2 N–H and O–H groups in total. The lowest BCUT2D eigenvalue weighted by Gasteiger charge is -2.35. The lowest BCUT2D eigenvalue weighted by atomic mass is 9.87. The first-order valence-corrected chi connectivity index (χ1v) is 11.1. The van der Waals surface area contributed by atoms with Crippen LogP contribution < -0.4 is 15.0 Å². The summed E-state index contributed by atoms with van der Waals surface area (Å²) in [6.07, 6.45) is 1.40. The highest BCUT2D eigenvalue weighted by Gasteiger charge is 2.59. The minimum Gasteiger partial charge on any atom is -0.497 e. The number of nitrogens with zero attached hydrogens (tertiary/aromatic N) is 2. The Bertz CT molecular complexity index is 1300. The second-order valence-corrected chi connectivity index (χ2v) is 8.56. The Kier molecular flexibility index (Phi) is 4.88. The number of anilines is 1. The maximum Gasteiger partial charge on any atom is 0.332 e. The molecule has 3 heterocycles. The number of urea groups is 1. The molecule has 0 saturated carbocycles. The molecule has 1 atom stereocenters. The van der Waals surface area contributed by atoms with Crippen LogP contribution in [0.15, 0.2) is 42.5 Å². The Balaban J connectivity index is 1.61. The van der Waals surface area contributed by atoms with Crippen LogP contribution in [0.1, 0.15) is 41.9 Å². The van der Waals surface area contributed by atoms with E-state index in [2.05, 4.69) is 10.3 Å². The van der Waals surface area contributed by atoms with Crippen molar-refractivity contribution in [1.29, 1.82) is 0 Å². The number of amides is 4. The molecule has 5 rings (SSSR count). The van der Waals surface area contributed by atoms with Crippen LogP contribution in [-0.4, -0.2) is 47.9 Å². The highest BCUT2D eigenvalue weighted by atomic mass is 16.5. The van der Waals surface area contributed by atoms with Crippen molar-refractivity contribution in [3.05, 3.63) is 59.3 Å². The van der Waals surface area contributed by atoms with Gasteiger partial charge < -0.3 is 19.9 Å². The number of carbonyl (C=O) groups is 3. The third kappa shape index (κ3) is 2.93. The van der Waals surface area contributed by atoms with Crippen molar-refractivity contribution >= 4 is 34.4 Å². The van der Waals surface area contributed by atoms with Gasteiger partial charge in [0.15, 0.2) is 5.54 Å². The monoisotopic (exact) mass is 446 g/mol.